The molecule has 2 rings (SSSR count). The van der Waals surface area contributed by atoms with Crippen LogP contribution < -0.4 is 0 Å². The molecule has 0 bridgehead atoms. The Bertz CT molecular complexity index is 795. The maximum absolute atomic E-state index is 14.1. The topological polar surface area (TPSA) is 87.1 Å². The molecule has 2 aliphatic rings. The van der Waals surface area contributed by atoms with Gasteiger partial charge in [-0.2, -0.15) is 0 Å². The number of ether oxygens (including phenoxy) is 1. The number of rotatable bonds is 30. The number of carboxylic acids is 2. The molecule has 1 heterocycles. The van der Waals surface area contributed by atoms with E-state index in [-0.39, 0.29) is 12.2 Å². The molecule has 0 spiro atoms. The van der Waals surface area contributed by atoms with E-state index in [1.165, 1.54) is 89.9 Å². The normalized spacial score (nSPS) is 25.2. The molecule has 1 saturated heterocycles. The van der Waals surface area contributed by atoms with Crippen LogP contribution in [-0.4, -0.2) is 34.4 Å². The number of carbonyl (C=O) groups is 2. The van der Waals surface area contributed by atoms with Crippen LogP contribution >= 0.6 is 0 Å². The summed E-state index contributed by atoms with van der Waals surface area (Å²) in [5.74, 6) is -1.70. The summed E-state index contributed by atoms with van der Waals surface area (Å²) in [6.07, 6.45) is 29.5. The molecule has 0 aromatic rings. The fourth-order valence-corrected chi connectivity index (χ4v) is 9.38. The molecule has 2 N–H and O–H groups in total. The minimum absolute atomic E-state index is 0.0987. The SMILES string of the molecule is CCCCCCCCC1(C(=O)O)CC2OC2C(CCCCCCCC)(CCCCCCCC)C1(CCCCCCCC)C(=O)O. The first-order valence-corrected chi connectivity index (χ1v) is 20.0. The van der Waals surface area contributed by atoms with E-state index in [1.54, 1.807) is 0 Å². The number of epoxide rings is 1. The molecule has 0 aromatic heterocycles. The summed E-state index contributed by atoms with van der Waals surface area (Å²) in [4.78, 5) is 27.9. The molecule has 0 amide bonds. The van der Waals surface area contributed by atoms with Gasteiger partial charge in [-0.25, -0.2) is 0 Å². The van der Waals surface area contributed by atoms with Crippen molar-refractivity contribution >= 4 is 11.9 Å². The number of carboxylic acid groups (broad SMARTS) is 2. The molecular formula is C40H74O5. The van der Waals surface area contributed by atoms with Gasteiger partial charge in [-0.3, -0.25) is 9.59 Å². The Morgan fingerprint density at radius 2 is 0.867 bits per heavy atom. The summed E-state index contributed by atoms with van der Waals surface area (Å²) in [6, 6.07) is 0. The van der Waals surface area contributed by atoms with Crippen molar-refractivity contribution in [1.29, 1.82) is 0 Å². The molecular weight excluding hydrogens is 560 g/mol. The van der Waals surface area contributed by atoms with Gasteiger partial charge in [0.2, 0.25) is 0 Å². The number of hydrogen-bond acceptors (Lipinski definition) is 3. The van der Waals surface area contributed by atoms with Crippen LogP contribution in [0.3, 0.4) is 0 Å². The molecule has 264 valence electrons. The van der Waals surface area contributed by atoms with E-state index in [1.807, 2.05) is 0 Å². The van der Waals surface area contributed by atoms with Crippen molar-refractivity contribution in [2.24, 2.45) is 16.2 Å². The number of fused-ring (bicyclic) bond motifs is 1. The predicted octanol–water partition coefficient (Wildman–Crippen LogP) is 12.3. The lowest BCUT2D eigenvalue weighted by Crippen LogP contribution is -2.66. The van der Waals surface area contributed by atoms with Gasteiger partial charge in [0.25, 0.3) is 0 Å². The molecule has 0 radical (unpaired) electrons. The second kappa shape index (κ2) is 21.7. The first kappa shape index (κ1) is 40.1. The van der Waals surface area contributed by atoms with E-state index in [2.05, 4.69) is 27.7 Å². The number of hydrogen-bond donors (Lipinski definition) is 2. The molecule has 0 aromatic carbocycles. The van der Waals surface area contributed by atoms with Gasteiger partial charge in [0.15, 0.2) is 0 Å². The van der Waals surface area contributed by atoms with Gasteiger partial charge in [-0.15, -0.1) is 0 Å². The summed E-state index contributed by atoms with van der Waals surface area (Å²) in [7, 11) is 0. The molecule has 4 atom stereocenters. The highest BCUT2D eigenvalue weighted by Crippen LogP contribution is 2.72. The van der Waals surface area contributed by atoms with E-state index >= 15 is 0 Å². The lowest BCUT2D eigenvalue weighted by atomic mass is 9.40. The lowest BCUT2D eigenvalue weighted by molar-refractivity contribution is -0.205. The summed E-state index contributed by atoms with van der Waals surface area (Å²) in [5, 5.41) is 22.9. The quantitative estimate of drug-likeness (QED) is 0.0606. The first-order chi connectivity index (χ1) is 21.8. The summed E-state index contributed by atoms with van der Waals surface area (Å²) < 4.78 is 6.49. The first-order valence-electron chi connectivity index (χ1n) is 20.0. The third kappa shape index (κ3) is 10.7. The monoisotopic (exact) mass is 635 g/mol. The van der Waals surface area contributed by atoms with Crippen molar-refractivity contribution in [3.05, 3.63) is 0 Å². The fourth-order valence-electron chi connectivity index (χ4n) is 9.38. The van der Waals surface area contributed by atoms with E-state index in [9.17, 15) is 19.8 Å². The number of aliphatic carboxylic acids is 2. The van der Waals surface area contributed by atoms with Gasteiger partial charge in [0.05, 0.1) is 23.0 Å². The minimum Gasteiger partial charge on any atom is -0.481 e. The Labute approximate surface area is 278 Å². The zero-order chi connectivity index (χ0) is 33.0. The van der Waals surface area contributed by atoms with Crippen LogP contribution in [0.25, 0.3) is 0 Å². The Hall–Kier alpha value is -1.10. The van der Waals surface area contributed by atoms with Crippen LogP contribution in [0.15, 0.2) is 0 Å². The Morgan fingerprint density at radius 3 is 1.24 bits per heavy atom. The molecule has 45 heavy (non-hydrogen) atoms. The predicted molar refractivity (Wildman–Crippen MR) is 188 cm³/mol. The Morgan fingerprint density at radius 1 is 0.511 bits per heavy atom. The second-order valence-electron chi connectivity index (χ2n) is 15.1. The van der Waals surface area contributed by atoms with Crippen molar-refractivity contribution in [1.82, 2.24) is 0 Å². The molecule has 1 aliphatic heterocycles. The van der Waals surface area contributed by atoms with Crippen LogP contribution in [0.4, 0.5) is 0 Å². The standard InChI is InChI=1S/C40H74O5/c1-5-9-13-17-21-25-29-38(30-26-22-18-14-10-6-2)35-34(45-35)33-39(36(41)42,31-27-23-19-15-11-7-3)40(38,37(43)44)32-28-24-20-16-12-8-4/h34-35H,5-33H2,1-4H3,(H,41,42)(H,43,44). The highest BCUT2D eigenvalue weighted by Gasteiger charge is 2.79. The Balaban J connectivity index is 2.50. The average molecular weight is 635 g/mol. The lowest BCUT2D eigenvalue weighted by Gasteiger charge is -2.59. The van der Waals surface area contributed by atoms with Gasteiger partial charge in [0, 0.05) is 5.41 Å². The van der Waals surface area contributed by atoms with Crippen molar-refractivity contribution in [2.45, 2.75) is 226 Å². The third-order valence-electron chi connectivity index (χ3n) is 11.9. The van der Waals surface area contributed by atoms with Crippen LogP contribution in [0.1, 0.15) is 214 Å². The van der Waals surface area contributed by atoms with Gasteiger partial charge >= 0.3 is 11.9 Å². The van der Waals surface area contributed by atoms with E-state index in [4.69, 9.17) is 4.74 Å². The molecule has 5 heteroatoms. The molecule has 4 unspecified atom stereocenters. The third-order valence-corrected chi connectivity index (χ3v) is 11.9. The van der Waals surface area contributed by atoms with Crippen LogP contribution in [-0.2, 0) is 14.3 Å². The highest BCUT2D eigenvalue weighted by atomic mass is 16.6. The average Bonchev–Trinajstić information content (AvgIpc) is 3.80. The van der Waals surface area contributed by atoms with Gasteiger partial charge in [0.1, 0.15) is 0 Å². The zero-order valence-corrected chi connectivity index (χ0v) is 30.3. The van der Waals surface area contributed by atoms with Crippen molar-refractivity contribution in [2.75, 3.05) is 0 Å². The van der Waals surface area contributed by atoms with Crippen LogP contribution in [0.2, 0.25) is 0 Å². The largest absolute Gasteiger partial charge is 0.481 e. The van der Waals surface area contributed by atoms with Gasteiger partial charge < -0.3 is 14.9 Å². The second-order valence-corrected chi connectivity index (χ2v) is 15.1. The van der Waals surface area contributed by atoms with E-state index in [0.29, 0.717) is 19.3 Å². The molecule has 2 fully saturated rings. The summed E-state index contributed by atoms with van der Waals surface area (Å²) in [5.41, 5.74) is -3.17. The van der Waals surface area contributed by atoms with E-state index in [0.717, 1.165) is 77.0 Å². The van der Waals surface area contributed by atoms with Crippen molar-refractivity contribution in [3.63, 3.8) is 0 Å². The maximum atomic E-state index is 14.1. The fraction of sp³-hybridized carbons (Fsp3) is 0.950. The van der Waals surface area contributed by atoms with Crippen LogP contribution in [0.5, 0.6) is 0 Å². The summed E-state index contributed by atoms with van der Waals surface area (Å²) >= 11 is 0. The molecule has 1 saturated carbocycles. The van der Waals surface area contributed by atoms with Crippen molar-refractivity contribution in [3.8, 4) is 0 Å². The smallest absolute Gasteiger partial charge is 0.311 e. The molecule has 5 nitrogen and oxygen atoms in total. The van der Waals surface area contributed by atoms with Crippen LogP contribution in [0, 0.1) is 16.2 Å². The van der Waals surface area contributed by atoms with Gasteiger partial charge in [-0.05, 0) is 32.1 Å². The maximum Gasteiger partial charge on any atom is 0.311 e. The molecule has 1 aliphatic carbocycles. The van der Waals surface area contributed by atoms with E-state index < -0.39 is 28.2 Å². The highest BCUT2D eigenvalue weighted by molar-refractivity contribution is 5.88. The summed E-state index contributed by atoms with van der Waals surface area (Å²) in [6.45, 7) is 8.90. The minimum atomic E-state index is -1.29. The Kier molecular flexibility index (Phi) is 19.3. The zero-order valence-electron chi connectivity index (χ0n) is 30.3. The van der Waals surface area contributed by atoms with Gasteiger partial charge in [-0.1, -0.05) is 182 Å². The number of unbranched alkanes of at least 4 members (excludes halogenated alkanes) is 20. The van der Waals surface area contributed by atoms with Crippen molar-refractivity contribution < 1.29 is 24.5 Å².